The summed E-state index contributed by atoms with van der Waals surface area (Å²) in [5.74, 6) is 4.11. The van der Waals surface area contributed by atoms with Gasteiger partial charge >= 0.3 is 0 Å². The molecule has 1 atom stereocenters. The minimum absolute atomic E-state index is 0.0316. The third-order valence-corrected chi connectivity index (χ3v) is 14.8. The van der Waals surface area contributed by atoms with E-state index in [9.17, 15) is 9.90 Å². The van der Waals surface area contributed by atoms with E-state index in [1.165, 1.54) is 17.0 Å². The molecule has 1 N–H and O–H groups in total. The van der Waals surface area contributed by atoms with Crippen molar-refractivity contribution in [1.82, 2.24) is 19.7 Å². The number of aromatic nitrogens is 4. The van der Waals surface area contributed by atoms with Crippen LogP contribution in [0.15, 0.2) is 67.6 Å². The fourth-order valence-electron chi connectivity index (χ4n) is 11.3. The molecule has 3 aliphatic rings. The van der Waals surface area contributed by atoms with Gasteiger partial charge < -0.3 is 28.1 Å². The van der Waals surface area contributed by atoms with Gasteiger partial charge in [0.25, 0.3) is 0 Å². The molecule has 0 saturated heterocycles. The van der Waals surface area contributed by atoms with E-state index in [4.69, 9.17) is 18.4 Å². The molecule has 10 heteroatoms. The Bertz CT molecular complexity index is 2680. The first-order valence-corrected chi connectivity index (χ1v) is 31.7. The first-order valence-electron chi connectivity index (χ1n) is 31.7. The summed E-state index contributed by atoms with van der Waals surface area (Å²) >= 11 is 0. The number of imidazole rings is 1. The Morgan fingerprint density at radius 1 is 0.518 bits per heavy atom. The van der Waals surface area contributed by atoms with Crippen LogP contribution in [0.1, 0.15) is 315 Å². The van der Waals surface area contributed by atoms with Crippen LogP contribution in [0.25, 0.3) is 0 Å². The Morgan fingerprint density at radius 3 is 1.29 bits per heavy atom. The number of ether oxygens (including phenoxy) is 2. The maximum atomic E-state index is 12.0. The molecule has 0 spiro atoms. The lowest BCUT2D eigenvalue weighted by atomic mass is 9.70. The zero-order valence-corrected chi connectivity index (χ0v) is 62.6. The van der Waals surface area contributed by atoms with Crippen molar-refractivity contribution in [3.8, 4) is 0 Å². The van der Waals surface area contributed by atoms with E-state index in [0.29, 0.717) is 36.9 Å². The van der Waals surface area contributed by atoms with Gasteiger partial charge in [0.1, 0.15) is 23.0 Å². The Balaban J connectivity index is 0.000000511. The Hall–Kier alpha value is -4.18. The molecule has 3 aromatic rings. The lowest BCUT2D eigenvalue weighted by molar-refractivity contribution is -0.119. The van der Waals surface area contributed by atoms with Crippen molar-refractivity contribution in [2.75, 3.05) is 13.2 Å². The lowest BCUT2D eigenvalue weighted by Gasteiger charge is -2.43. The van der Waals surface area contributed by atoms with E-state index in [1.54, 1.807) is 17.5 Å². The Kier molecular flexibility index (Phi) is 25.3. The molecule has 0 amide bonds. The van der Waals surface area contributed by atoms with Gasteiger partial charge in [0.05, 0.1) is 42.2 Å². The topological polar surface area (TPSA) is 126 Å². The standard InChI is InChI=1S/C14H26O2.C13H22O2.C13H22.C12H22N2.C12H21NO.C11H19NO/c1-12(2,3)10-11(13(4,5)6)16-9-8-14(10,7)15;1-12(2,3)10-9(14)7-8-15-11(10)13(4,5)6;1-12(2,3)10-8-7-9-11(10)13(4,5)6;1-11(2,3)9-10(12(4,5)6)14(7)8-13-9;1-8-9(11(2,3)4)10(14-13-8)12(5,6)7;1-10(2,3)8-9(11(4,5)6)13-7-12-8/h15H,8-9H2,1-7H3;7-8H2,1-6H3;7-8H,9H2,1-6H3;8H,1-7H3;1-7H3;7H,1-6H3. The Morgan fingerprint density at radius 2 is 0.988 bits per heavy atom. The van der Waals surface area contributed by atoms with Crippen LogP contribution in [0.4, 0.5) is 0 Å². The van der Waals surface area contributed by atoms with Crippen molar-refractivity contribution in [1.29, 1.82) is 0 Å². The predicted octanol–water partition coefficient (Wildman–Crippen LogP) is 21.0. The number of hydrogen-bond acceptors (Lipinski definition) is 9. The molecular formula is C75H132N4O6. The van der Waals surface area contributed by atoms with Crippen LogP contribution < -0.4 is 0 Å². The normalized spacial score (nSPS) is 18.0. The maximum absolute atomic E-state index is 12.0. The summed E-state index contributed by atoms with van der Waals surface area (Å²) in [5.41, 5.74) is 11.1. The number of Topliss-reactive ketones (excluding diaryl/α,β-unsaturated/α-hetero) is 1. The van der Waals surface area contributed by atoms with Crippen LogP contribution in [0.3, 0.4) is 0 Å². The molecule has 85 heavy (non-hydrogen) atoms. The van der Waals surface area contributed by atoms with Crippen molar-refractivity contribution in [2.45, 2.75) is 320 Å². The average molecular weight is 1190 g/mol. The van der Waals surface area contributed by atoms with Gasteiger partial charge in [0.2, 0.25) is 0 Å². The van der Waals surface area contributed by atoms with E-state index in [0.717, 1.165) is 52.0 Å². The molecule has 10 nitrogen and oxygen atoms in total. The van der Waals surface area contributed by atoms with Crippen molar-refractivity contribution in [2.24, 2.45) is 39.5 Å². The summed E-state index contributed by atoms with van der Waals surface area (Å²) in [6, 6.07) is 0. The number of ketones is 1. The molecule has 488 valence electrons. The number of carbonyl (C=O) groups is 1. The maximum Gasteiger partial charge on any atom is 0.181 e. The third kappa shape index (κ3) is 23.0. The first-order chi connectivity index (χ1) is 37.3. The molecule has 6 rings (SSSR count). The molecular weight excluding hydrogens is 1050 g/mol. The summed E-state index contributed by atoms with van der Waals surface area (Å²) in [7, 11) is 2.07. The van der Waals surface area contributed by atoms with Gasteiger partial charge in [-0.25, -0.2) is 9.97 Å². The van der Waals surface area contributed by atoms with Gasteiger partial charge in [0, 0.05) is 80.2 Å². The fourth-order valence-corrected chi connectivity index (χ4v) is 11.3. The third-order valence-electron chi connectivity index (χ3n) is 14.8. The second-order valence-corrected chi connectivity index (χ2v) is 36.9. The molecule has 0 aromatic carbocycles. The number of hydrogen-bond donors (Lipinski definition) is 1. The molecule has 0 radical (unpaired) electrons. The highest BCUT2D eigenvalue weighted by Crippen LogP contribution is 2.47. The van der Waals surface area contributed by atoms with Crippen LogP contribution >= 0.6 is 0 Å². The van der Waals surface area contributed by atoms with Crippen molar-refractivity contribution in [3.63, 3.8) is 0 Å². The van der Waals surface area contributed by atoms with E-state index in [-0.39, 0.29) is 59.9 Å². The number of aryl methyl sites for hydroxylation is 2. The Labute approximate surface area is 523 Å². The summed E-state index contributed by atoms with van der Waals surface area (Å²) in [6.07, 6.45) is 10.4. The van der Waals surface area contributed by atoms with Gasteiger partial charge in [-0.1, -0.05) is 272 Å². The van der Waals surface area contributed by atoms with E-state index in [2.05, 4.69) is 288 Å². The summed E-state index contributed by atoms with van der Waals surface area (Å²) < 4.78 is 24.6. The number of aliphatic hydroxyl groups is 1. The summed E-state index contributed by atoms with van der Waals surface area (Å²) in [6.45, 7) is 83.4. The molecule has 0 saturated carbocycles. The smallest absolute Gasteiger partial charge is 0.181 e. The molecule has 5 heterocycles. The van der Waals surface area contributed by atoms with Gasteiger partial charge in [-0.05, 0) is 52.9 Å². The SMILES string of the molecule is CC(C)(C)C1=C(C(C)(C)C)C(=O)CCO1.CC(C)(C)C1=C(C(C)(C)C)C(C)(O)CCO1.CC(C)(C)C1=C(C(C)(C)C)CC=C1.CC(C)(C)c1ncoc1C(C)(C)C.Cc1noc(C(C)(C)C)c1C(C)(C)C.Cn1cnc(C(C)(C)C)c1C(C)(C)C. The lowest BCUT2D eigenvalue weighted by Crippen LogP contribution is -2.42. The number of allylic oxidation sites excluding steroid dienone is 7. The second kappa shape index (κ2) is 27.3. The first kappa shape index (κ1) is 78.8. The van der Waals surface area contributed by atoms with Crippen LogP contribution in [0, 0.1) is 39.4 Å². The monoisotopic (exact) mass is 1190 g/mol. The van der Waals surface area contributed by atoms with E-state index >= 15 is 0 Å². The van der Waals surface area contributed by atoms with Crippen molar-refractivity contribution in [3.05, 3.63) is 98.5 Å². The van der Waals surface area contributed by atoms with Gasteiger partial charge in [0.15, 0.2) is 12.2 Å². The molecule has 1 unspecified atom stereocenters. The van der Waals surface area contributed by atoms with Crippen LogP contribution in [-0.2, 0) is 53.8 Å². The van der Waals surface area contributed by atoms with E-state index in [1.807, 2.05) is 20.2 Å². The second-order valence-electron chi connectivity index (χ2n) is 36.9. The average Bonchev–Trinajstić information content (AvgIpc) is 3.43. The number of oxazole rings is 1. The van der Waals surface area contributed by atoms with Crippen LogP contribution in [-0.4, -0.2) is 49.4 Å². The molecule has 1 aliphatic carbocycles. The van der Waals surface area contributed by atoms with Crippen molar-refractivity contribution >= 4 is 5.78 Å². The summed E-state index contributed by atoms with van der Waals surface area (Å²) in [4.78, 5) is 20.8. The van der Waals surface area contributed by atoms with Crippen LogP contribution in [0.5, 0.6) is 0 Å². The largest absolute Gasteiger partial charge is 0.497 e. The zero-order chi connectivity index (χ0) is 67.5. The predicted molar refractivity (Wildman–Crippen MR) is 361 cm³/mol. The van der Waals surface area contributed by atoms with Crippen LogP contribution in [0.2, 0.25) is 0 Å². The van der Waals surface area contributed by atoms with Gasteiger partial charge in [-0.2, -0.15) is 0 Å². The van der Waals surface area contributed by atoms with Gasteiger partial charge in [-0.3, -0.25) is 4.79 Å². The number of rotatable bonds is 0. The quantitative estimate of drug-likeness (QED) is 0.234. The van der Waals surface area contributed by atoms with E-state index < -0.39 is 5.60 Å². The molecule has 2 aliphatic heterocycles. The zero-order valence-electron chi connectivity index (χ0n) is 62.6. The molecule has 0 fully saturated rings. The fraction of sp³-hybridized carbons (Fsp3) is 0.760. The highest BCUT2D eigenvalue weighted by molar-refractivity contribution is 5.97. The highest BCUT2D eigenvalue weighted by Gasteiger charge is 2.43. The van der Waals surface area contributed by atoms with Gasteiger partial charge in [-0.15, -0.1) is 0 Å². The minimum Gasteiger partial charge on any atom is -0.497 e. The number of carbonyl (C=O) groups excluding carboxylic acids is 1. The minimum atomic E-state index is -0.737. The molecule has 0 bridgehead atoms. The molecule has 3 aromatic heterocycles. The van der Waals surface area contributed by atoms with Crippen molar-refractivity contribution < 1.29 is 28.3 Å². The number of nitrogens with zero attached hydrogens (tertiary/aromatic N) is 4. The summed E-state index contributed by atoms with van der Waals surface area (Å²) in [5, 5.41) is 14.6. The highest BCUT2D eigenvalue weighted by atomic mass is 16.5.